The van der Waals surface area contributed by atoms with Gasteiger partial charge < -0.3 is 34.3 Å². The summed E-state index contributed by atoms with van der Waals surface area (Å²) < 4.78 is 16.5. The van der Waals surface area contributed by atoms with Gasteiger partial charge in [0, 0.05) is 32.7 Å². The van der Waals surface area contributed by atoms with Gasteiger partial charge in [-0.3, -0.25) is 9.69 Å². The average Bonchev–Trinajstić information content (AvgIpc) is 3.46. The molecular weight excluding hydrogens is 402 g/mol. The first-order valence-electron chi connectivity index (χ1n) is 10.5. The lowest BCUT2D eigenvalue weighted by molar-refractivity contribution is -0.0209. The Morgan fingerprint density at radius 2 is 1.94 bits per heavy atom. The van der Waals surface area contributed by atoms with Gasteiger partial charge in [0.15, 0.2) is 5.76 Å². The van der Waals surface area contributed by atoms with Gasteiger partial charge in [-0.25, -0.2) is 0 Å². The first-order chi connectivity index (χ1) is 15.1. The van der Waals surface area contributed by atoms with E-state index in [0.29, 0.717) is 13.1 Å². The van der Waals surface area contributed by atoms with Gasteiger partial charge in [0.25, 0.3) is 5.91 Å². The van der Waals surface area contributed by atoms with E-state index in [4.69, 9.17) is 13.9 Å². The lowest BCUT2D eigenvalue weighted by Gasteiger charge is -2.41. The fourth-order valence-corrected chi connectivity index (χ4v) is 4.44. The van der Waals surface area contributed by atoms with Crippen LogP contribution in [0.1, 0.15) is 10.6 Å². The monoisotopic (exact) mass is 431 g/mol. The summed E-state index contributed by atoms with van der Waals surface area (Å²) in [6.07, 6.45) is -0.517. The Morgan fingerprint density at radius 1 is 1.16 bits per heavy atom. The lowest BCUT2D eigenvalue weighted by atomic mass is 10.0. The summed E-state index contributed by atoms with van der Waals surface area (Å²) in [7, 11) is 1.66. The number of methoxy groups -OCH3 is 1. The van der Waals surface area contributed by atoms with Crippen LogP contribution in [-0.2, 0) is 4.74 Å². The molecule has 9 nitrogen and oxygen atoms in total. The van der Waals surface area contributed by atoms with E-state index in [1.165, 1.54) is 6.26 Å². The fourth-order valence-electron chi connectivity index (χ4n) is 4.44. The van der Waals surface area contributed by atoms with Crippen molar-refractivity contribution in [2.45, 2.75) is 24.4 Å². The number of aliphatic hydroxyl groups is 2. The van der Waals surface area contributed by atoms with Gasteiger partial charge in [-0.05, 0) is 24.3 Å². The van der Waals surface area contributed by atoms with Crippen LogP contribution in [0.15, 0.2) is 47.1 Å². The third-order valence-electron chi connectivity index (χ3n) is 6.01. The molecule has 1 amide bonds. The number of benzene rings is 1. The summed E-state index contributed by atoms with van der Waals surface area (Å²) in [5.74, 6) is 0.716. The third-order valence-corrected chi connectivity index (χ3v) is 6.01. The molecule has 4 rings (SSSR count). The molecule has 2 fully saturated rings. The van der Waals surface area contributed by atoms with Gasteiger partial charge in [-0.2, -0.15) is 0 Å². The van der Waals surface area contributed by atoms with E-state index in [0.717, 1.165) is 24.5 Å². The standard InChI is InChI=1S/C22H29N3O6/c1-29-16-6-3-2-5-15(16)24-8-10-25(11-9-24)20-18(31-19(14-26)21(20)27)13-23-22(28)17-7-4-12-30-17/h2-7,12,18-21,26-27H,8-11,13-14H2,1H3,(H,23,28)/t18-,19+,20+,21-/m1/s1. The summed E-state index contributed by atoms with van der Waals surface area (Å²) >= 11 is 0. The van der Waals surface area contributed by atoms with Crippen molar-refractivity contribution in [1.29, 1.82) is 0 Å². The molecule has 31 heavy (non-hydrogen) atoms. The maximum atomic E-state index is 12.2. The molecule has 9 heteroatoms. The number of furan rings is 1. The topological polar surface area (TPSA) is 108 Å². The van der Waals surface area contributed by atoms with Crippen LogP contribution in [0.2, 0.25) is 0 Å². The molecule has 2 saturated heterocycles. The van der Waals surface area contributed by atoms with Crippen LogP contribution in [0.3, 0.4) is 0 Å². The number of carbonyl (C=O) groups excluding carboxylic acids is 1. The fraction of sp³-hybridized carbons (Fsp3) is 0.500. The second-order valence-corrected chi connectivity index (χ2v) is 7.76. The second-order valence-electron chi connectivity index (χ2n) is 7.76. The van der Waals surface area contributed by atoms with Crippen LogP contribution in [0, 0.1) is 0 Å². The molecule has 3 N–H and O–H groups in total. The van der Waals surface area contributed by atoms with Gasteiger partial charge in [0.1, 0.15) is 18.0 Å². The van der Waals surface area contributed by atoms with Crippen LogP contribution < -0.4 is 15.0 Å². The molecule has 3 heterocycles. The van der Waals surface area contributed by atoms with E-state index < -0.39 is 18.3 Å². The minimum atomic E-state index is -0.840. The smallest absolute Gasteiger partial charge is 0.287 e. The minimum Gasteiger partial charge on any atom is -0.495 e. The third kappa shape index (κ3) is 4.54. The van der Waals surface area contributed by atoms with E-state index in [1.807, 2.05) is 24.3 Å². The Labute approximate surface area is 181 Å². The van der Waals surface area contributed by atoms with Crippen molar-refractivity contribution < 1.29 is 28.9 Å². The van der Waals surface area contributed by atoms with Crippen LogP contribution in [0.25, 0.3) is 0 Å². The second kappa shape index (κ2) is 9.69. The van der Waals surface area contributed by atoms with E-state index in [9.17, 15) is 15.0 Å². The highest BCUT2D eigenvalue weighted by Crippen LogP contribution is 2.31. The SMILES string of the molecule is COc1ccccc1N1CCN([C@@H]2[C@H](O)[C@H](CO)O[C@@H]2CNC(=O)c2ccco2)CC1. The zero-order valence-electron chi connectivity index (χ0n) is 17.5. The average molecular weight is 431 g/mol. The molecule has 1 aromatic carbocycles. The molecular formula is C22H29N3O6. The molecule has 0 bridgehead atoms. The number of anilines is 1. The van der Waals surface area contributed by atoms with Crippen LogP contribution in [0.5, 0.6) is 5.75 Å². The molecule has 4 atom stereocenters. The molecule has 0 saturated carbocycles. The van der Waals surface area contributed by atoms with Crippen molar-refractivity contribution in [2.24, 2.45) is 0 Å². The number of carbonyl (C=O) groups is 1. The van der Waals surface area contributed by atoms with E-state index >= 15 is 0 Å². The molecule has 2 aromatic rings. The zero-order valence-corrected chi connectivity index (χ0v) is 17.5. The molecule has 0 radical (unpaired) electrons. The summed E-state index contributed by atoms with van der Waals surface area (Å²) in [6.45, 7) is 2.89. The maximum Gasteiger partial charge on any atom is 0.287 e. The highest BCUT2D eigenvalue weighted by atomic mass is 16.5. The largest absolute Gasteiger partial charge is 0.495 e. The number of rotatable bonds is 7. The predicted molar refractivity (Wildman–Crippen MR) is 113 cm³/mol. The van der Waals surface area contributed by atoms with Crippen molar-refractivity contribution in [1.82, 2.24) is 10.2 Å². The maximum absolute atomic E-state index is 12.2. The van der Waals surface area contributed by atoms with Crippen molar-refractivity contribution in [3.8, 4) is 5.75 Å². The van der Waals surface area contributed by atoms with Gasteiger partial charge >= 0.3 is 0 Å². The number of piperazine rings is 1. The normalized spacial score (nSPS) is 26.7. The highest BCUT2D eigenvalue weighted by molar-refractivity contribution is 5.91. The predicted octanol–water partition coefficient (Wildman–Crippen LogP) is 0.329. The van der Waals surface area contributed by atoms with E-state index in [1.54, 1.807) is 19.2 Å². The Bertz CT molecular complexity index is 853. The van der Waals surface area contributed by atoms with Crippen molar-refractivity contribution in [2.75, 3.05) is 51.3 Å². The Morgan fingerprint density at radius 3 is 2.61 bits per heavy atom. The number of amides is 1. The molecule has 1 aromatic heterocycles. The van der Waals surface area contributed by atoms with Crippen LogP contribution in [-0.4, -0.2) is 91.8 Å². The number of hydrogen-bond donors (Lipinski definition) is 3. The quantitative estimate of drug-likeness (QED) is 0.576. The number of hydrogen-bond acceptors (Lipinski definition) is 8. The number of ether oxygens (including phenoxy) is 2. The summed E-state index contributed by atoms with van der Waals surface area (Å²) in [5.41, 5.74) is 1.04. The lowest BCUT2D eigenvalue weighted by Crippen LogP contribution is -2.57. The summed E-state index contributed by atoms with van der Waals surface area (Å²) in [6, 6.07) is 10.8. The minimum absolute atomic E-state index is 0.213. The molecule has 2 aliphatic heterocycles. The van der Waals surface area contributed by atoms with Crippen LogP contribution >= 0.6 is 0 Å². The van der Waals surface area contributed by atoms with E-state index in [2.05, 4.69) is 15.1 Å². The number of aliphatic hydroxyl groups excluding tert-OH is 2. The molecule has 2 aliphatic rings. The first-order valence-corrected chi connectivity index (χ1v) is 10.5. The molecule has 0 unspecified atom stereocenters. The van der Waals surface area contributed by atoms with Gasteiger partial charge in [0.2, 0.25) is 0 Å². The van der Waals surface area contributed by atoms with Crippen molar-refractivity contribution in [3.05, 3.63) is 48.4 Å². The Hall–Kier alpha value is -2.59. The summed E-state index contributed by atoms with van der Waals surface area (Å²) in [4.78, 5) is 16.7. The van der Waals surface area contributed by atoms with Crippen molar-refractivity contribution in [3.63, 3.8) is 0 Å². The Balaban J connectivity index is 1.40. The molecule has 0 aliphatic carbocycles. The van der Waals surface area contributed by atoms with E-state index in [-0.39, 0.29) is 30.9 Å². The van der Waals surface area contributed by atoms with Crippen LogP contribution in [0.4, 0.5) is 5.69 Å². The molecule has 168 valence electrons. The zero-order chi connectivity index (χ0) is 21.8. The number of nitrogens with zero attached hydrogens (tertiary/aromatic N) is 2. The Kier molecular flexibility index (Phi) is 6.77. The summed E-state index contributed by atoms with van der Waals surface area (Å²) in [5, 5.41) is 23.2. The van der Waals surface area contributed by atoms with Crippen molar-refractivity contribution >= 4 is 11.6 Å². The first kappa shape index (κ1) is 21.6. The van der Waals surface area contributed by atoms with Gasteiger partial charge in [-0.1, -0.05) is 12.1 Å². The number of para-hydroxylation sites is 2. The highest BCUT2D eigenvalue weighted by Gasteiger charge is 2.46. The number of nitrogens with one attached hydrogen (secondary N) is 1. The molecule has 0 spiro atoms. The van der Waals surface area contributed by atoms with Gasteiger partial charge in [0.05, 0.1) is 37.8 Å². The van der Waals surface area contributed by atoms with Gasteiger partial charge in [-0.15, -0.1) is 0 Å².